The fourth-order valence-corrected chi connectivity index (χ4v) is 2.04. The highest BCUT2D eigenvalue weighted by Crippen LogP contribution is 2.14. The summed E-state index contributed by atoms with van der Waals surface area (Å²) in [5.74, 6) is 0.0817. The summed E-state index contributed by atoms with van der Waals surface area (Å²) in [7, 11) is 0. The van der Waals surface area contributed by atoms with Gasteiger partial charge in [-0.3, -0.25) is 9.59 Å². The Morgan fingerprint density at radius 2 is 1.50 bits per heavy atom. The second-order valence-electron chi connectivity index (χ2n) is 5.13. The summed E-state index contributed by atoms with van der Waals surface area (Å²) >= 11 is 0. The molecular formula is C15H29NO2. The zero-order valence-corrected chi connectivity index (χ0v) is 12.7. The number of Topliss-reactive ketones (excluding diaryl/α,β-unsaturated/α-hetero) is 1. The minimum atomic E-state index is -0.000182. The standard InChI is InChI=1S/C15H29NO2/c1-6-9-10-14(17)11-15(18)16(12(4)7-2)13(5)8-3/h12-13H,6-11H2,1-5H3. The Balaban J connectivity index is 4.51. The number of carbonyl (C=O) groups is 2. The lowest BCUT2D eigenvalue weighted by atomic mass is 10.1. The maximum absolute atomic E-state index is 12.2. The van der Waals surface area contributed by atoms with Gasteiger partial charge in [0.25, 0.3) is 0 Å². The fraction of sp³-hybridized carbons (Fsp3) is 0.867. The molecule has 0 aromatic carbocycles. The van der Waals surface area contributed by atoms with Gasteiger partial charge in [0, 0.05) is 18.5 Å². The first kappa shape index (κ1) is 17.1. The van der Waals surface area contributed by atoms with E-state index in [1.54, 1.807) is 0 Å². The van der Waals surface area contributed by atoms with Crippen molar-refractivity contribution in [1.82, 2.24) is 4.90 Å². The number of nitrogens with zero attached hydrogens (tertiary/aromatic N) is 1. The normalized spacial score (nSPS) is 14.1. The number of ketones is 1. The monoisotopic (exact) mass is 255 g/mol. The van der Waals surface area contributed by atoms with Crippen LogP contribution in [-0.4, -0.2) is 28.7 Å². The summed E-state index contributed by atoms with van der Waals surface area (Å²) in [6.07, 6.45) is 4.36. The zero-order chi connectivity index (χ0) is 14.1. The molecule has 1 amide bonds. The fourth-order valence-electron chi connectivity index (χ4n) is 2.04. The van der Waals surface area contributed by atoms with Crippen LogP contribution in [0.1, 0.15) is 73.1 Å². The molecule has 0 N–H and O–H groups in total. The highest BCUT2D eigenvalue weighted by atomic mass is 16.2. The third-order valence-electron chi connectivity index (χ3n) is 3.58. The van der Waals surface area contributed by atoms with Crippen molar-refractivity contribution in [3.05, 3.63) is 0 Å². The number of unbranched alkanes of at least 4 members (excludes halogenated alkanes) is 1. The van der Waals surface area contributed by atoms with Gasteiger partial charge in [0.15, 0.2) is 0 Å². The summed E-state index contributed by atoms with van der Waals surface area (Å²) < 4.78 is 0. The van der Waals surface area contributed by atoms with Gasteiger partial charge in [0.05, 0.1) is 6.42 Å². The van der Waals surface area contributed by atoms with Gasteiger partial charge in [0.2, 0.25) is 5.91 Å². The van der Waals surface area contributed by atoms with Crippen LogP contribution in [0.4, 0.5) is 0 Å². The molecule has 0 aromatic heterocycles. The van der Waals surface area contributed by atoms with Crippen LogP contribution < -0.4 is 0 Å². The predicted octanol–water partition coefficient (Wildman–Crippen LogP) is 3.56. The molecule has 0 aromatic rings. The third-order valence-corrected chi connectivity index (χ3v) is 3.58. The van der Waals surface area contributed by atoms with E-state index in [0.717, 1.165) is 25.7 Å². The zero-order valence-electron chi connectivity index (χ0n) is 12.7. The van der Waals surface area contributed by atoms with Crippen molar-refractivity contribution in [3.8, 4) is 0 Å². The Morgan fingerprint density at radius 1 is 1.00 bits per heavy atom. The minimum Gasteiger partial charge on any atom is -0.337 e. The molecule has 0 heterocycles. The highest BCUT2D eigenvalue weighted by molar-refractivity contribution is 5.98. The van der Waals surface area contributed by atoms with Crippen LogP contribution in [0.15, 0.2) is 0 Å². The smallest absolute Gasteiger partial charge is 0.230 e. The van der Waals surface area contributed by atoms with Gasteiger partial charge >= 0.3 is 0 Å². The van der Waals surface area contributed by atoms with Crippen molar-refractivity contribution in [2.45, 2.75) is 85.2 Å². The third kappa shape index (κ3) is 5.65. The van der Waals surface area contributed by atoms with Crippen LogP contribution in [0.3, 0.4) is 0 Å². The van der Waals surface area contributed by atoms with E-state index in [4.69, 9.17) is 0 Å². The second kappa shape index (κ2) is 9.12. The van der Waals surface area contributed by atoms with E-state index in [9.17, 15) is 9.59 Å². The van der Waals surface area contributed by atoms with E-state index in [2.05, 4.69) is 34.6 Å². The Morgan fingerprint density at radius 3 is 1.89 bits per heavy atom. The van der Waals surface area contributed by atoms with Gasteiger partial charge < -0.3 is 4.90 Å². The first-order chi connectivity index (χ1) is 8.47. The van der Waals surface area contributed by atoms with E-state index in [1.807, 2.05) is 4.90 Å². The van der Waals surface area contributed by atoms with Crippen LogP contribution in [0.2, 0.25) is 0 Å². The lowest BCUT2D eigenvalue weighted by Gasteiger charge is -2.34. The number of amides is 1. The molecule has 0 aliphatic carbocycles. The summed E-state index contributed by atoms with van der Waals surface area (Å²) in [5, 5.41) is 0. The van der Waals surface area contributed by atoms with Crippen LogP contribution in [0.5, 0.6) is 0 Å². The summed E-state index contributed by atoms with van der Waals surface area (Å²) in [6, 6.07) is 0.429. The van der Waals surface area contributed by atoms with Crippen molar-refractivity contribution < 1.29 is 9.59 Å². The van der Waals surface area contributed by atoms with Gasteiger partial charge in [-0.25, -0.2) is 0 Å². The SMILES string of the molecule is CCCCC(=O)CC(=O)N(C(C)CC)C(C)CC. The van der Waals surface area contributed by atoms with E-state index in [-0.39, 0.29) is 30.2 Å². The number of hydrogen-bond acceptors (Lipinski definition) is 2. The minimum absolute atomic E-state index is 0.000182. The van der Waals surface area contributed by atoms with Gasteiger partial charge in [-0.15, -0.1) is 0 Å². The average molecular weight is 255 g/mol. The molecule has 0 bridgehead atoms. The molecule has 0 saturated carbocycles. The summed E-state index contributed by atoms with van der Waals surface area (Å²) in [5.41, 5.74) is 0. The highest BCUT2D eigenvalue weighted by Gasteiger charge is 2.24. The maximum Gasteiger partial charge on any atom is 0.230 e. The number of carbonyl (C=O) groups excluding carboxylic acids is 2. The molecular weight excluding hydrogens is 226 g/mol. The van der Waals surface area contributed by atoms with Gasteiger partial charge in [-0.05, 0) is 33.1 Å². The van der Waals surface area contributed by atoms with E-state index < -0.39 is 0 Å². The molecule has 0 fully saturated rings. The number of hydrogen-bond donors (Lipinski definition) is 0. The molecule has 0 radical (unpaired) electrons. The summed E-state index contributed by atoms with van der Waals surface area (Å²) in [4.78, 5) is 25.8. The lowest BCUT2D eigenvalue weighted by Crippen LogP contribution is -2.44. The summed E-state index contributed by atoms with van der Waals surface area (Å²) in [6.45, 7) is 10.3. The Labute approximate surface area is 112 Å². The topological polar surface area (TPSA) is 37.4 Å². The van der Waals surface area contributed by atoms with E-state index in [1.165, 1.54) is 0 Å². The molecule has 0 aliphatic heterocycles. The van der Waals surface area contributed by atoms with Crippen molar-refractivity contribution in [3.63, 3.8) is 0 Å². The van der Waals surface area contributed by atoms with Crippen LogP contribution in [0, 0.1) is 0 Å². The lowest BCUT2D eigenvalue weighted by molar-refractivity contribution is -0.139. The molecule has 0 saturated heterocycles. The van der Waals surface area contributed by atoms with Crippen molar-refractivity contribution in [2.75, 3.05) is 0 Å². The van der Waals surface area contributed by atoms with Gasteiger partial charge in [-0.2, -0.15) is 0 Å². The Kier molecular flexibility index (Phi) is 8.69. The molecule has 0 rings (SSSR count). The van der Waals surface area contributed by atoms with E-state index in [0.29, 0.717) is 6.42 Å². The van der Waals surface area contributed by atoms with Crippen molar-refractivity contribution in [1.29, 1.82) is 0 Å². The number of rotatable bonds is 9. The van der Waals surface area contributed by atoms with Crippen LogP contribution in [0.25, 0.3) is 0 Å². The molecule has 0 aliphatic rings. The van der Waals surface area contributed by atoms with Gasteiger partial charge in [-0.1, -0.05) is 27.2 Å². The molecule has 2 unspecified atom stereocenters. The quantitative estimate of drug-likeness (QED) is 0.591. The first-order valence-corrected chi connectivity index (χ1v) is 7.30. The molecule has 3 heteroatoms. The molecule has 18 heavy (non-hydrogen) atoms. The molecule has 3 nitrogen and oxygen atoms in total. The largest absolute Gasteiger partial charge is 0.337 e. The Bertz CT molecular complexity index is 253. The molecule has 2 atom stereocenters. The molecule has 0 spiro atoms. The van der Waals surface area contributed by atoms with E-state index >= 15 is 0 Å². The maximum atomic E-state index is 12.2. The predicted molar refractivity (Wildman–Crippen MR) is 75.5 cm³/mol. The van der Waals surface area contributed by atoms with Crippen LogP contribution in [-0.2, 0) is 9.59 Å². The van der Waals surface area contributed by atoms with Crippen molar-refractivity contribution >= 4 is 11.7 Å². The van der Waals surface area contributed by atoms with Crippen LogP contribution >= 0.6 is 0 Å². The Hall–Kier alpha value is -0.860. The van der Waals surface area contributed by atoms with Crippen molar-refractivity contribution in [2.24, 2.45) is 0 Å². The average Bonchev–Trinajstić information content (AvgIpc) is 2.35. The molecule has 106 valence electrons. The second-order valence-corrected chi connectivity index (χ2v) is 5.13. The van der Waals surface area contributed by atoms with Gasteiger partial charge in [0.1, 0.15) is 5.78 Å². The first-order valence-electron chi connectivity index (χ1n) is 7.30.